The van der Waals surface area contributed by atoms with Crippen LogP contribution in [0.2, 0.25) is 0 Å². The minimum atomic E-state index is 0.135. The summed E-state index contributed by atoms with van der Waals surface area (Å²) in [5.74, 6) is 0.676. The average molecular weight is 446 g/mol. The molecule has 5 rings (SSSR count). The van der Waals surface area contributed by atoms with Gasteiger partial charge in [0.1, 0.15) is 0 Å². The Morgan fingerprint density at radius 3 is 2.73 bits per heavy atom. The smallest absolute Gasteiger partial charge is 0.253 e. The predicted octanol–water partition coefficient (Wildman–Crippen LogP) is 5.01. The van der Waals surface area contributed by atoms with Gasteiger partial charge in [0, 0.05) is 48.9 Å². The summed E-state index contributed by atoms with van der Waals surface area (Å²) < 4.78 is 5.90. The Kier molecular flexibility index (Phi) is 6.79. The van der Waals surface area contributed by atoms with Crippen LogP contribution in [0.15, 0.2) is 54.7 Å². The molecule has 2 aromatic carbocycles. The molecule has 3 heterocycles. The molecule has 2 saturated heterocycles. The normalized spacial score (nSPS) is 19.8. The van der Waals surface area contributed by atoms with Crippen LogP contribution in [-0.4, -0.2) is 59.6 Å². The summed E-state index contributed by atoms with van der Waals surface area (Å²) in [6.07, 6.45) is 6.52. The second-order valence-electron chi connectivity index (χ2n) is 9.77. The van der Waals surface area contributed by atoms with E-state index in [0.717, 1.165) is 74.9 Å². The molecule has 5 nitrogen and oxygen atoms in total. The first-order valence-electron chi connectivity index (χ1n) is 12.4. The molecule has 33 heavy (non-hydrogen) atoms. The number of carbonyl (C=O) groups is 1. The first kappa shape index (κ1) is 22.2. The molecule has 1 amide bonds. The first-order valence-corrected chi connectivity index (χ1v) is 12.4. The van der Waals surface area contributed by atoms with E-state index < -0.39 is 0 Å². The summed E-state index contributed by atoms with van der Waals surface area (Å²) in [6.45, 7) is 7.75. The Hall–Kier alpha value is -2.63. The number of aryl methyl sites for hydroxylation is 1. The van der Waals surface area contributed by atoms with E-state index in [9.17, 15) is 4.79 Å². The third-order valence-corrected chi connectivity index (χ3v) is 7.38. The molecule has 0 spiro atoms. The molecule has 2 aliphatic rings. The van der Waals surface area contributed by atoms with Gasteiger partial charge in [-0.1, -0.05) is 24.3 Å². The third kappa shape index (κ3) is 5.31. The second-order valence-corrected chi connectivity index (χ2v) is 9.77. The van der Waals surface area contributed by atoms with E-state index in [1.54, 1.807) is 0 Å². The Morgan fingerprint density at radius 1 is 1.09 bits per heavy atom. The van der Waals surface area contributed by atoms with E-state index in [4.69, 9.17) is 4.74 Å². The molecule has 5 heteroatoms. The van der Waals surface area contributed by atoms with Crippen LogP contribution in [0.25, 0.3) is 10.9 Å². The van der Waals surface area contributed by atoms with E-state index in [2.05, 4.69) is 46.0 Å². The highest BCUT2D eigenvalue weighted by atomic mass is 16.5. The van der Waals surface area contributed by atoms with Gasteiger partial charge in [0.05, 0.1) is 6.10 Å². The second kappa shape index (κ2) is 10.1. The maximum atomic E-state index is 13.6. The third-order valence-electron chi connectivity index (χ3n) is 7.38. The SMILES string of the molecule is Cc1ccccc1CN1CCC(CN(CC2CCCO2)C(=O)c2ccc3[nH]ccc3c2)CC1. The number of piperidine rings is 1. The van der Waals surface area contributed by atoms with Crippen molar-refractivity contribution in [1.82, 2.24) is 14.8 Å². The Morgan fingerprint density at radius 2 is 1.94 bits per heavy atom. The van der Waals surface area contributed by atoms with Gasteiger partial charge >= 0.3 is 0 Å². The molecule has 3 aromatic rings. The molecular weight excluding hydrogens is 410 g/mol. The lowest BCUT2D eigenvalue weighted by molar-refractivity contribution is 0.0445. The van der Waals surface area contributed by atoms with Gasteiger partial charge in [0.2, 0.25) is 0 Å². The highest BCUT2D eigenvalue weighted by Gasteiger charge is 2.28. The summed E-state index contributed by atoms with van der Waals surface area (Å²) in [4.78, 5) is 21.4. The van der Waals surface area contributed by atoms with Crippen molar-refractivity contribution in [2.24, 2.45) is 5.92 Å². The fourth-order valence-electron chi connectivity index (χ4n) is 5.31. The lowest BCUT2D eigenvalue weighted by Crippen LogP contribution is -2.43. The Balaban J connectivity index is 1.23. The summed E-state index contributed by atoms with van der Waals surface area (Å²) in [7, 11) is 0. The van der Waals surface area contributed by atoms with Gasteiger partial charge in [-0.25, -0.2) is 0 Å². The Labute approximate surface area is 196 Å². The van der Waals surface area contributed by atoms with Gasteiger partial charge in [-0.15, -0.1) is 0 Å². The molecule has 0 saturated carbocycles. The van der Waals surface area contributed by atoms with E-state index in [-0.39, 0.29) is 12.0 Å². The molecule has 1 unspecified atom stereocenters. The highest BCUT2D eigenvalue weighted by molar-refractivity contribution is 5.98. The van der Waals surface area contributed by atoms with Gasteiger partial charge in [-0.2, -0.15) is 0 Å². The fraction of sp³-hybridized carbons (Fsp3) is 0.464. The number of nitrogens with zero attached hydrogens (tertiary/aromatic N) is 2. The monoisotopic (exact) mass is 445 g/mol. The van der Waals surface area contributed by atoms with E-state index >= 15 is 0 Å². The van der Waals surface area contributed by atoms with Crippen LogP contribution in [-0.2, 0) is 11.3 Å². The predicted molar refractivity (Wildman–Crippen MR) is 132 cm³/mol. The number of rotatable bonds is 7. The van der Waals surface area contributed by atoms with Crippen molar-refractivity contribution in [3.63, 3.8) is 0 Å². The number of carbonyl (C=O) groups excluding carboxylic acids is 1. The number of amides is 1. The van der Waals surface area contributed by atoms with E-state index in [1.807, 2.05) is 30.5 Å². The van der Waals surface area contributed by atoms with Crippen LogP contribution in [0.3, 0.4) is 0 Å². The average Bonchev–Trinajstić information content (AvgIpc) is 3.52. The summed E-state index contributed by atoms with van der Waals surface area (Å²) in [5, 5.41) is 1.09. The van der Waals surface area contributed by atoms with Crippen molar-refractivity contribution in [2.45, 2.75) is 45.3 Å². The zero-order valence-electron chi connectivity index (χ0n) is 19.6. The van der Waals surface area contributed by atoms with Gasteiger partial charge in [0.25, 0.3) is 5.91 Å². The standard InChI is InChI=1S/C28H35N3O2/c1-21-5-2-3-6-25(21)19-30-14-11-22(12-15-30)18-31(20-26-7-4-16-33-26)28(32)24-8-9-27-23(17-24)10-13-29-27/h2-3,5-6,8-10,13,17,22,26,29H,4,7,11-12,14-16,18-20H2,1H3. The van der Waals surface area contributed by atoms with Crippen molar-refractivity contribution in [2.75, 3.05) is 32.8 Å². The van der Waals surface area contributed by atoms with Crippen LogP contribution in [0.5, 0.6) is 0 Å². The minimum absolute atomic E-state index is 0.135. The van der Waals surface area contributed by atoms with Gasteiger partial charge in [-0.05, 0) is 87.0 Å². The number of fused-ring (bicyclic) bond motifs is 1. The molecule has 1 atom stereocenters. The number of benzene rings is 2. The number of likely N-dealkylation sites (tertiary alicyclic amines) is 1. The molecule has 2 fully saturated rings. The van der Waals surface area contributed by atoms with E-state index in [0.29, 0.717) is 12.5 Å². The Bertz CT molecular complexity index is 1080. The van der Waals surface area contributed by atoms with Crippen LogP contribution in [0, 0.1) is 12.8 Å². The van der Waals surface area contributed by atoms with E-state index in [1.165, 1.54) is 11.1 Å². The molecule has 0 radical (unpaired) electrons. The number of ether oxygens (including phenoxy) is 1. The lowest BCUT2D eigenvalue weighted by atomic mass is 9.95. The fourth-order valence-corrected chi connectivity index (χ4v) is 5.31. The molecular formula is C28H35N3O2. The zero-order valence-corrected chi connectivity index (χ0v) is 19.6. The molecule has 174 valence electrons. The number of hydrogen-bond donors (Lipinski definition) is 1. The maximum absolute atomic E-state index is 13.6. The molecule has 0 bridgehead atoms. The number of hydrogen-bond acceptors (Lipinski definition) is 3. The summed E-state index contributed by atoms with van der Waals surface area (Å²) in [6, 6.07) is 16.7. The van der Waals surface area contributed by atoms with Gasteiger partial charge in [-0.3, -0.25) is 9.69 Å². The molecule has 1 aromatic heterocycles. The van der Waals surface area contributed by atoms with Crippen LogP contribution < -0.4 is 0 Å². The number of aromatic nitrogens is 1. The van der Waals surface area contributed by atoms with Crippen molar-refractivity contribution < 1.29 is 9.53 Å². The van der Waals surface area contributed by atoms with Crippen LogP contribution in [0.1, 0.15) is 47.2 Å². The number of H-pyrrole nitrogens is 1. The quantitative estimate of drug-likeness (QED) is 0.556. The van der Waals surface area contributed by atoms with Gasteiger partial charge < -0.3 is 14.6 Å². The number of nitrogens with one attached hydrogen (secondary N) is 1. The summed E-state index contributed by atoms with van der Waals surface area (Å²) in [5.41, 5.74) is 4.63. The van der Waals surface area contributed by atoms with Gasteiger partial charge in [0.15, 0.2) is 0 Å². The molecule has 2 aliphatic heterocycles. The molecule has 1 N–H and O–H groups in total. The van der Waals surface area contributed by atoms with Crippen molar-refractivity contribution >= 4 is 16.8 Å². The summed E-state index contributed by atoms with van der Waals surface area (Å²) >= 11 is 0. The van der Waals surface area contributed by atoms with Crippen molar-refractivity contribution in [3.05, 3.63) is 71.4 Å². The lowest BCUT2D eigenvalue weighted by Gasteiger charge is -2.36. The highest BCUT2D eigenvalue weighted by Crippen LogP contribution is 2.24. The zero-order chi connectivity index (χ0) is 22.6. The topological polar surface area (TPSA) is 48.6 Å². The van der Waals surface area contributed by atoms with Crippen molar-refractivity contribution in [1.29, 1.82) is 0 Å². The van der Waals surface area contributed by atoms with Crippen LogP contribution in [0.4, 0.5) is 0 Å². The van der Waals surface area contributed by atoms with Crippen LogP contribution >= 0.6 is 0 Å². The number of aromatic amines is 1. The van der Waals surface area contributed by atoms with Crippen molar-refractivity contribution in [3.8, 4) is 0 Å². The maximum Gasteiger partial charge on any atom is 0.253 e. The molecule has 0 aliphatic carbocycles. The largest absolute Gasteiger partial charge is 0.376 e. The minimum Gasteiger partial charge on any atom is -0.376 e. The first-order chi connectivity index (χ1) is 16.2.